The number of anilines is 2. The number of hydrogen-bond acceptors (Lipinski definition) is 16. The first-order chi connectivity index (χ1) is 36.2. The van der Waals surface area contributed by atoms with Crippen LogP contribution in [0.1, 0.15) is 109 Å². The van der Waals surface area contributed by atoms with E-state index in [1.807, 2.05) is 41.5 Å². The summed E-state index contributed by atoms with van der Waals surface area (Å²) < 4.78 is 89.3. The topological polar surface area (TPSA) is 245 Å². The van der Waals surface area contributed by atoms with Crippen LogP contribution in [0.2, 0.25) is 0 Å². The van der Waals surface area contributed by atoms with E-state index in [1.165, 1.54) is 97.1 Å². The van der Waals surface area contributed by atoms with Gasteiger partial charge in [0.15, 0.2) is 36.2 Å². The van der Waals surface area contributed by atoms with E-state index in [2.05, 4.69) is 0 Å². The van der Waals surface area contributed by atoms with Gasteiger partial charge >= 0.3 is 103 Å². The summed E-state index contributed by atoms with van der Waals surface area (Å²) >= 11 is 0. The first-order valence-corrected chi connectivity index (χ1v) is 27.2. The number of sulfonamides is 2. The van der Waals surface area contributed by atoms with E-state index in [1.54, 1.807) is 24.3 Å². The van der Waals surface area contributed by atoms with Gasteiger partial charge in [-0.2, -0.15) is 8.61 Å². The molecule has 0 N–H and O–H groups in total. The number of carbonyl (C=O) groups excluding carboxylic acids is 4. The molecule has 0 aromatic heterocycles. The Hall–Kier alpha value is -4.83. The Balaban J connectivity index is 0.000000280. The van der Waals surface area contributed by atoms with Crippen LogP contribution in [-0.4, -0.2) is 67.4 Å². The fraction of sp³-hybridized carbons (Fsp3) is 0.286. The number of carboxylic acids is 2. The van der Waals surface area contributed by atoms with Gasteiger partial charge in [0, 0.05) is 12.1 Å². The second-order valence-corrected chi connectivity index (χ2v) is 21.7. The zero-order valence-corrected chi connectivity index (χ0v) is 52.5. The molecule has 78 heavy (non-hydrogen) atoms. The molecule has 0 unspecified atom stereocenters. The summed E-state index contributed by atoms with van der Waals surface area (Å²) in [5.74, 6) is -1.86. The zero-order valence-electron chi connectivity index (χ0n) is 44.6. The Bertz CT molecular complexity index is 3130. The zero-order chi connectivity index (χ0) is 54.9. The Morgan fingerprint density at radius 2 is 0.846 bits per heavy atom. The molecule has 2 heterocycles. The maximum Gasteiger partial charge on any atom is 1.00 e. The summed E-state index contributed by atoms with van der Waals surface area (Å²) in [4.78, 5) is 49.4. The molecular weight excluding hydrogens is 1100 g/mol. The summed E-state index contributed by atoms with van der Waals surface area (Å²) in [6.07, 6.45) is 2.39. The first kappa shape index (κ1) is 64.0. The van der Waals surface area contributed by atoms with Crippen molar-refractivity contribution in [2.24, 2.45) is 0 Å². The molecule has 8 rings (SSSR count). The van der Waals surface area contributed by atoms with Crippen molar-refractivity contribution in [1.29, 1.82) is 0 Å². The molecule has 0 fully saturated rings. The molecule has 2 aliphatic heterocycles. The monoisotopic (exact) mass is 1150 g/mol. The predicted molar refractivity (Wildman–Crippen MR) is 276 cm³/mol. The molecular formula is C56H56K2N2O16S2. The van der Waals surface area contributed by atoms with Crippen molar-refractivity contribution in [3.8, 4) is 34.5 Å². The van der Waals surface area contributed by atoms with Crippen LogP contribution >= 0.6 is 0 Å². The Labute approximate surface area is 539 Å². The van der Waals surface area contributed by atoms with Gasteiger partial charge in [0.05, 0.1) is 33.1 Å². The minimum absolute atomic E-state index is 0. The number of benzene rings is 6. The summed E-state index contributed by atoms with van der Waals surface area (Å²) in [6.45, 7) is 10.6. The van der Waals surface area contributed by atoms with Crippen molar-refractivity contribution in [3.63, 3.8) is 0 Å². The molecule has 0 spiro atoms. The van der Waals surface area contributed by atoms with Crippen LogP contribution in [0.3, 0.4) is 0 Å². The van der Waals surface area contributed by atoms with Crippen LogP contribution in [0.25, 0.3) is 0 Å². The molecule has 22 heteroatoms. The largest absolute Gasteiger partial charge is 1.00 e. The van der Waals surface area contributed by atoms with E-state index in [4.69, 9.17) is 28.4 Å². The van der Waals surface area contributed by atoms with Gasteiger partial charge in [0.2, 0.25) is 13.6 Å². The van der Waals surface area contributed by atoms with Crippen molar-refractivity contribution in [2.75, 3.05) is 35.4 Å². The molecule has 2 aliphatic rings. The molecule has 0 atom stereocenters. The van der Waals surface area contributed by atoms with Crippen LogP contribution < -0.4 is 150 Å². The minimum atomic E-state index is -4.33. The smallest absolute Gasteiger partial charge is 0.545 e. The third-order valence-electron chi connectivity index (χ3n) is 12.1. The number of hydrogen-bond donors (Lipinski definition) is 0. The fourth-order valence-corrected chi connectivity index (χ4v) is 10.9. The van der Waals surface area contributed by atoms with Gasteiger partial charge in [-0.15, -0.1) is 0 Å². The average molecular weight is 1160 g/mol. The van der Waals surface area contributed by atoms with E-state index in [0.717, 1.165) is 11.1 Å². The van der Waals surface area contributed by atoms with Crippen molar-refractivity contribution >= 4 is 55.2 Å². The molecule has 6 aromatic rings. The summed E-state index contributed by atoms with van der Waals surface area (Å²) in [5.41, 5.74) is 3.16. The summed E-state index contributed by atoms with van der Waals surface area (Å²) in [6, 6.07) is 30.0. The number of fused-ring (bicyclic) bond motifs is 2. The van der Waals surface area contributed by atoms with Crippen LogP contribution in [0.15, 0.2) is 131 Å². The maximum absolute atomic E-state index is 13.8. The Morgan fingerprint density at radius 3 is 1.17 bits per heavy atom. The molecule has 0 bridgehead atoms. The van der Waals surface area contributed by atoms with Gasteiger partial charge in [-0.05, 0) is 143 Å². The Kier molecular flexibility index (Phi) is 23.4. The van der Waals surface area contributed by atoms with E-state index < -0.39 is 57.0 Å². The van der Waals surface area contributed by atoms with E-state index in [0.29, 0.717) is 68.4 Å². The summed E-state index contributed by atoms with van der Waals surface area (Å²) in [7, 11) is -8.67. The molecule has 0 radical (unpaired) electrons. The maximum atomic E-state index is 13.8. The van der Waals surface area contributed by atoms with Gasteiger partial charge in [0.25, 0.3) is 31.9 Å². The normalized spacial score (nSPS) is 12.1. The van der Waals surface area contributed by atoms with E-state index in [9.17, 15) is 46.2 Å². The van der Waals surface area contributed by atoms with Gasteiger partial charge in [-0.25, -0.2) is 16.8 Å². The van der Waals surface area contributed by atoms with E-state index in [-0.39, 0.29) is 172 Å². The molecule has 18 nitrogen and oxygen atoms in total. The number of amides is 2. The minimum Gasteiger partial charge on any atom is -0.545 e. The number of aryl methyl sites for hydroxylation is 2. The quantitative estimate of drug-likeness (QED) is 0.0979. The number of carboxylic acid groups (broad SMARTS) is 2. The van der Waals surface area contributed by atoms with Crippen molar-refractivity contribution < 1.29 is 177 Å². The third kappa shape index (κ3) is 15.3. The number of carbonyl (C=O) groups is 4. The number of nitrogens with zero attached hydrogens (tertiary/aromatic N) is 2. The number of ether oxygens (including phenoxy) is 6. The Morgan fingerprint density at radius 1 is 0.500 bits per heavy atom. The molecule has 6 aromatic carbocycles. The molecule has 0 saturated heterocycles. The second kappa shape index (κ2) is 28.5. The van der Waals surface area contributed by atoms with Crippen LogP contribution in [-0.2, 0) is 42.5 Å². The fourth-order valence-electron chi connectivity index (χ4n) is 8.14. The van der Waals surface area contributed by atoms with Gasteiger partial charge < -0.3 is 48.2 Å². The molecule has 400 valence electrons. The predicted octanol–water partition coefficient (Wildman–Crippen LogP) is 1.32. The number of rotatable bonds is 20. The van der Waals surface area contributed by atoms with Crippen LogP contribution in [0.4, 0.5) is 11.4 Å². The van der Waals surface area contributed by atoms with Gasteiger partial charge in [-0.1, -0.05) is 78.6 Å². The van der Waals surface area contributed by atoms with Crippen molar-refractivity contribution in [3.05, 3.63) is 155 Å². The standard InChI is InChI=1S/2C28H29NO8S.2K/c2*1-4-5-20-14-21(28(31)32)8-12-24(20)35-16-27(30)29(22-9-13-25-26(15-22)37-17-36-25)38(33,34)23-10-6-19(7-11-23)18(2)3;;/h2*6-15,18H,4-5,16-17H2,1-3H3,(H,31,32);;/q;;2*+1/p-2. The SMILES string of the molecule is CCCc1cc(C(=O)[O-])ccc1OCC(=O)N(c1ccc2c(c1)OCO2)S(=O)(=O)c1ccc(C(C)C)cc1.CCCc1cc(C(=O)[O-])ccc1OCC(=O)N(c1ccc2c(c1)OCO2)S(=O)(=O)c1ccc(C(C)C)cc1.[K+].[K+]. The van der Waals surface area contributed by atoms with E-state index >= 15 is 0 Å². The van der Waals surface area contributed by atoms with Crippen LogP contribution in [0, 0.1) is 0 Å². The first-order valence-electron chi connectivity index (χ1n) is 24.3. The summed E-state index contributed by atoms with van der Waals surface area (Å²) in [5, 5.41) is 22.5. The van der Waals surface area contributed by atoms with Gasteiger partial charge in [-0.3, -0.25) is 9.59 Å². The second-order valence-electron chi connectivity index (χ2n) is 18.1. The number of aromatic carboxylic acids is 2. The molecule has 2 amide bonds. The average Bonchev–Trinajstić information content (AvgIpc) is 4.13. The van der Waals surface area contributed by atoms with Crippen molar-refractivity contribution in [1.82, 2.24) is 0 Å². The third-order valence-corrected chi connectivity index (χ3v) is 15.7. The van der Waals surface area contributed by atoms with Crippen LogP contribution in [0.5, 0.6) is 34.5 Å². The molecule has 0 saturated carbocycles. The van der Waals surface area contributed by atoms with Gasteiger partial charge in [0.1, 0.15) is 11.5 Å². The van der Waals surface area contributed by atoms with Crippen molar-refractivity contribution in [2.45, 2.75) is 88.9 Å². The molecule has 0 aliphatic carbocycles.